The summed E-state index contributed by atoms with van der Waals surface area (Å²) >= 11 is 1.48. The van der Waals surface area contributed by atoms with Crippen molar-refractivity contribution in [3.8, 4) is 0 Å². The normalized spacial score (nSPS) is 24.7. The second kappa shape index (κ2) is 12.3. The second-order valence-electron chi connectivity index (χ2n) is 12.4. The van der Waals surface area contributed by atoms with E-state index in [2.05, 4.69) is 5.32 Å². The molecule has 2 amide bonds. The molecule has 3 aromatic rings. The van der Waals surface area contributed by atoms with Gasteiger partial charge < -0.3 is 15.2 Å². The van der Waals surface area contributed by atoms with Crippen LogP contribution < -0.4 is 5.32 Å². The lowest BCUT2D eigenvalue weighted by Crippen LogP contribution is -2.71. The average Bonchev–Trinajstić information content (AvgIpc) is 3.60. The highest BCUT2D eigenvalue weighted by Gasteiger charge is 2.84. The number of thioether (sulfide) groups is 1. The zero-order valence-corrected chi connectivity index (χ0v) is 26.7. The molecule has 2 aliphatic heterocycles. The number of carbonyl (C=O) groups is 4. The van der Waals surface area contributed by atoms with Gasteiger partial charge in [0.15, 0.2) is 6.10 Å². The maximum absolute atomic E-state index is 14.8. The number of nitrogens with zero attached hydrogens (tertiary/aromatic N) is 1. The Labute approximate surface area is 272 Å². The number of rotatable bonds is 10. The molecule has 0 bridgehead atoms. The van der Waals surface area contributed by atoms with Crippen LogP contribution in [0.15, 0.2) is 114 Å². The molecule has 2 heterocycles. The van der Waals surface area contributed by atoms with Crippen LogP contribution in [0.3, 0.4) is 0 Å². The molecule has 8 nitrogen and oxygen atoms in total. The van der Waals surface area contributed by atoms with E-state index in [1.165, 1.54) is 16.7 Å². The van der Waals surface area contributed by atoms with Gasteiger partial charge in [0.05, 0.1) is 12.3 Å². The van der Waals surface area contributed by atoms with Gasteiger partial charge in [-0.2, -0.15) is 0 Å². The van der Waals surface area contributed by atoms with Gasteiger partial charge >= 0.3 is 11.9 Å². The summed E-state index contributed by atoms with van der Waals surface area (Å²) in [7, 11) is 0. The monoisotopic (exact) mass is 636 g/mol. The number of nitrogens with one attached hydrogen (secondary N) is 1. The summed E-state index contributed by atoms with van der Waals surface area (Å²) in [5.74, 6) is -3.21. The molecule has 4 atom stereocenters. The molecule has 236 valence electrons. The standard InChI is InChI=1S/C37H36N2O6S/c1-4-14-26-22-46-33-28(38-27(40)21-23-15-8-5-9-16-23)32(41)39(33)31(26)37(30(34(42)43)36(37,2)3)35(44)45-29(24-17-10-6-11-18-24)25-19-12-7-13-20-25/h4-20,28-30,33H,21-22H2,1-3H3,(H,38,40)(H,42,43)/b14-4-/t28?,30?,33-,37?/m0/s1. The van der Waals surface area contributed by atoms with E-state index in [1.54, 1.807) is 13.8 Å². The SMILES string of the molecule is C/C=C\C1=C(C2(C(=O)OC(c3ccccc3)c3ccccc3)C(C(=O)O)C2(C)C)N2C(=O)C(NC(=O)Cc3ccccc3)[C@@H]2SC1. The average molecular weight is 637 g/mol. The molecule has 0 spiro atoms. The third kappa shape index (κ3) is 5.12. The van der Waals surface area contributed by atoms with Crippen molar-refractivity contribution in [2.45, 2.75) is 44.7 Å². The molecule has 0 radical (unpaired) electrons. The number of amides is 2. The van der Waals surface area contributed by atoms with Crippen LogP contribution in [0.2, 0.25) is 0 Å². The number of aliphatic carboxylic acids is 1. The Bertz CT molecular complexity index is 1680. The van der Waals surface area contributed by atoms with E-state index in [1.807, 2.05) is 110 Å². The summed E-state index contributed by atoms with van der Waals surface area (Å²) in [6, 6.07) is 27.1. The zero-order valence-electron chi connectivity index (χ0n) is 25.9. The first-order valence-electron chi connectivity index (χ1n) is 15.3. The number of benzene rings is 3. The van der Waals surface area contributed by atoms with Crippen molar-refractivity contribution in [2.24, 2.45) is 16.7 Å². The Morgan fingerprint density at radius 3 is 2.07 bits per heavy atom. The first-order valence-corrected chi connectivity index (χ1v) is 16.4. The quantitative estimate of drug-likeness (QED) is 0.223. The molecular weight excluding hydrogens is 600 g/mol. The second-order valence-corrected chi connectivity index (χ2v) is 13.5. The van der Waals surface area contributed by atoms with Crippen molar-refractivity contribution in [1.29, 1.82) is 0 Å². The Kier molecular flexibility index (Phi) is 8.37. The van der Waals surface area contributed by atoms with Gasteiger partial charge in [0.2, 0.25) is 5.91 Å². The lowest BCUT2D eigenvalue weighted by molar-refractivity contribution is -0.160. The molecule has 1 saturated heterocycles. The van der Waals surface area contributed by atoms with E-state index in [-0.39, 0.29) is 18.2 Å². The number of esters is 1. The predicted octanol–water partition coefficient (Wildman–Crippen LogP) is 5.52. The van der Waals surface area contributed by atoms with Crippen LogP contribution >= 0.6 is 11.8 Å². The van der Waals surface area contributed by atoms with Crippen molar-refractivity contribution in [2.75, 3.05) is 5.75 Å². The largest absolute Gasteiger partial charge is 0.481 e. The third-order valence-corrected chi connectivity index (χ3v) is 10.7. The maximum Gasteiger partial charge on any atom is 0.320 e. The fourth-order valence-electron chi connectivity index (χ4n) is 7.14. The molecule has 1 aliphatic carbocycles. The molecule has 1 saturated carbocycles. The molecule has 2 fully saturated rings. The lowest BCUT2D eigenvalue weighted by Gasteiger charge is -2.52. The minimum absolute atomic E-state index is 0.124. The third-order valence-electron chi connectivity index (χ3n) is 9.35. The van der Waals surface area contributed by atoms with Crippen LogP contribution in [0, 0.1) is 16.7 Å². The van der Waals surface area contributed by atoms with E-state index in [0.29, 0.717) is 17.0 Å². The van der Waals surface area contributed by atoms with Crippen molar-refractivity contribution in [3.05, 3.63) is 131 Å². The van der Waals surface area contributed by atoms with Gasteiger partial charge in [0, 0.05) is 16.9 Å². The highest BCUT2D eigenvalue weighted by molar-refractivity contribution is 8.00. The molecule has 6 rings (SSSR count). The fraction of sp³-hybridized carbons (Fsp3) is 0.297. The van der Waals surface area contributed by atoms with Crippen molar-refractivity contribution in [1.82, 2.24) is 10.2 Å². The molecule has 3 aliphatic rings. The number of hydrogen-bond acceptors (Lipinski definition) is 6. The van der Waals surface area contributed by atoms with E-state index >= 15 is 0 Å². The molecular formula is C37H36N2O6S. The minimum atomic E-state index is -1.65. The van der Waals surface area contributed by atoms with Gasteiger partial charge in [0.25, 0.3) is 5.91 Å². The summed E-state index contributed by atoms with van der Waals surface area (Å²) in [6.45, 7) is 5.32. The van der Waals surface area contributed by atoms with Gasteiger partial charge in [-0.05, 0) is 29.2 Å². The van der Waals surface area contributed by atoms with Gasteiger partial charge in [-0.25, -0.2) is 0 Å². The summed E-state index contributed by atoms with van der Waals surface area (Å²) in [5, 5.41) is 12.9. The summed E-state index contributed by atoms with van der Waals surface area (Å²) < 4.78 is 6.37. The number of allylic oxidation sites excluding steroid dienone is 2. The highest BCUT2D eigenvalue weighted by atomic mass is 32.2. The van der Waals surface area contributed by atoms with Crippen LogP contribution in [0.4, 0.5) is 0 Å². The van der Waals surface area contributed by atoms with Crippen molar-refractivity contribution >= 4 is 35.5 Å². The number of carboxylic acids is 1. The van der Waals surface area contributed by atoms with Crippen LogP contribution in [0.25, 0.3) is 0 Å². The highest BCUT2D eigenvalue weighted by Crippen LogP contribution is 2.75. The molecule has 46 heavy (non-hydrogen) atoms. The Morgan fingerprint density at radius 2 is 1.54 bits per heavy atom. The Hall–Kier alpha value is -4.63. The van der Waals surface area contributed by atoms with Crippen LogP contribution in [-0.2, 0) is 30.3 Å². The summed E-state index contributed by atoms with van der Waals surface area (Å²) in [6.07, 6.45) is 2.98. The number of β-lactam (4-membered cyclic amide) rings is 1. The van der Waals surface area contributed by atoms with Gasteiger partial charge in [-0.15, -0.1) is 11.8 Å². The van der Waals surface area contributed by atoms with Crippen LogP contribution in [-0.4, -0.2) is 50.9 Å². The van der Waals surface area contributed by atoms with Gasteiger partial charge in [-0.3, -0.25) is 24.1 Å². The van der Waals surface area contributed by atoms with E-state index in [9.17, 15) is 24.3 Å². The van der Waals surface area contributed by atoms with Crippen molar-refractivity contribution in [3.63, 3.8) is 0 Å². The maximum atomic E-state index is 14.8. The van der Waals surface area contributed by atoms with E-state index in [0.717, 1.165) is 16.7 Å². The molecule has 2 N–H and O–H groups in total. The van der Waals surface area contributed by atoms with Gasteiger partial charge in [0.1, 0.15) is 16.8 Å². The van der Waals surface area contributed by atoms with Crippen LogP contribution in [0.1, 0.15) is 43.6 Å². The van der Waals surface area contributed by atoms with E-state index in [4.69, 9.17) is 4.74 Å². The predicted molar refractivity (Wildman–Crippen MR) is 175 cm³/mol. The Morgan fingerprint density at radius 1 is 0.978 bits per heavy atom. The zero-order chi connectivity index (χ0) is 32.6. The number of hydrogen-bond donors (Lipinski definition) is 2. The van der Waals surface area contributed by atoms with E-state index < -0.39 is 46.2 Å². The lowest BCUT2D eigenvalue weighted by atomic mass is 9.85. The first-order chi connectivity index (χ1) is 22.1. The summed E-state index contributed by atoms with van der Waals surface area (Å²) in [4.78, 5) is 56.1. The molecule has 3 unspecified atom stereocenters. The number of carbonyl (C=O) groups excluding carboxylic acids is 3. The number of fused-ring (bicyclic) bond motifs is 1. The minimum Gasteiger partial charge on any atom is -0.481 e. The molecule has 3 aromatic carbocycles. The summed E-state index contributed by atoms with van der Waals surface area (Å²) in [5.41, 5.74) is 0.625. The molecule has 0 aromatic heterocycles. The van der Waals surface area contributed by atoms with Crippen LogP contribution in [0.5, 0.6) is 0 Å². The fourth-order valence-corrected chi connectivity index (χ4v) is 8.46. The Balaban J connectivity index is 1.38. The first kappa shape index (κ1) is 31.4. The van der Waals surface area contributed by atoms with Gasteiger partial charge in [-0.1, -0.05) is 117 Å². The topological polar surface area (TPSA) is 113 Å². The number of carboxylic acid groups (broad SMARTS) is 1. The smallest absolute Gasteiger partial charge is 0.320 e. The van der Waals surface area contributed by atoms with Crippen molar-refractivity contribution < 1.29 is 29.0 Å². The number of ether oxygens (including phenoxy) is 1. The molecule has 9 heteroatoms.